The summed E-state index contributed by atoms with van der Waals surface area (Å²) in [5, 5.41) is 1.60. The highest BCUT2D eigenvalue weighted by atomic mass is 35.5. The number of alkyl halides is 5. The molecular weight excluding hydrogens is 566 g/mol. The fraction of sp³-hybridized carbons (Fsp3) is 0.158. The summed E-state index contributed by atoms with van der Waals surface area (Å²) in [5.74, 6) is -7.41. The van der Waals surface area contributed by atoms with E-state index in [1.807, 2.05) is 0 Å². The lowest BCUT2D eigenvalue weighted by molar-refractivity contribution is -0.0500. The van der Waals surface area contributed by atoms with Gasteiger partial charge in [-0.1, -0.05) is 11.6 Å². The minimum absolute atomic E-state index is 0.0519. The van der Waals surface area contributed by atoms with Crippen LogP contribution in [-0.2, 0) is 26.5 Å². The van der Waals surface area contributed by atoms with Crippen molar-refractivity contribution in [1.82, 2.24) is 10.3 Å². The van der Waals surface area contributed by atoms with Crippen LogP contribution in [0.25, 0.3) is 10.8 Å². The highest BCUT2D eigenvalue weighted by molar-refractivity contribution is 7.91. The molecule has 0 bridgehead atoms. The van der Waals surface area contributed by atoms with Crippen LogP contribution in [-0.4, -0.2) is 39.0 Å². The summed E-state index contributed by atoms with van der Waals surface area (Å²) >= 11 is 5.73. The molecule has 0 fully saturated rings. The number of pyridine rings is 1. The first-order valence-electron chi connectivity index (χ1n) is 9.21. The standard InChI is InChI=1S/C19H11ClF6N2O6S2/c20-11-3-10(4-13(5-11)35(30,31)18(22)23)17(29)28-8-12-6-14-9(7-27-12)1-2-15(16(14)21)34-36(32,33)19(24,25)26/h1-7,18H,8H2,(H,28,29). The number of rotatable bonds is 7. The van der Waals surface area contributed by atoms with Crippen molar-refractivity contribution >= 4 is 48.2 Å². The van der Waals surface area contributed by atoms with E-state index >= 15 is 0 Å². The van der Waals surface area contributed by atoms with Crippen molar-refractivity contribution in [3.05, 3.63) is 64.7 Å². The molecule has 0 aliphatic heterocycles. The van der Waals surface area contributed by atoms with Gasteiger partial charge in [-0.05, 0) is 36.4 Å². The molecule has 17 heteroatoms. The first kappa shape index (κ1) is 27.5. The number of amides is 1. The third kappa shape index (κ3) is 5.65. The Kier molecular flexibility index (Phi) is 7.44. The van der Waals surface area contributed by atoms with Crippen LogP contribution in [0.5, 0.6) is 5.75 Å². The molecule has 0 saturated heterocycles. The molecule has 1 heterocycles. The van der Waals surface area contributed by atoms with E-state index in [-0.39, 0.29) is 16.1 Å². The molecule has 0 radical (unpaired) electrons. The maximum Gasteiger partial charge on any atom is 0.534 e. The number of aromatic nitrogens is 1. The van der Waals surface area contributed by atoms with Crippen LogP contribution in [0.1, 0.15) is 16.1 Å². The fourth-order valence-corrected chi connectivity index (χ4v) is 4.31. The molecule has 0 unspecified atom stereocenters. The topological polar surface area (TPSA) is 120 Å². The highest BCUT2D eigenvalue weighted by Gasteiger charge is 2.49. The molecule has 8 nitrogen and oxygen atoms in total. The Labute approximate surface area is 203 Å². The minimum atomic E-state index is -6.14. The second-order valence-electron chi connectivity index (χ2n) is 6.92. The van der Waals surface area contributed by atoms with E-state index < -0.39 is 71.1 Å². The van der Waals surface area contributed by atoms with Crippen LogP contribution in [0.15, 0.2) is 47.5 Å². The first-order valence-corrected chi connectivity index (χ1v) is 12.5. The Balaban J connectivity index is 1.86. The van der Waals surface area contributed by atoms with Gasteiger partial charge in [0.25, 0.3) is 5.91 Å². The van der Waals surface area contributed by atoms with Crippen molar-refractivity contribution in [3.63, 3.8) is 0 Å². The zero-order valence-electron chi connectivity index (χ0n) is 17.2. The summed E-state index contributed by atoms with van der Waals surface area (Å²) in [6.45, 7) is -0.441. The van der Waals surface area contributed by atoms with Crippen LogP contribution in [0.2, 0.25) is 5.02 Å². The van der Waals surface area contributed by atoms with Gasteiger partial charge in [0, 0.05) is 27.6 Å². The predicted octanol–water partition coefficient (Wildman–Crippen LogP) is 4.18. The molecule has 0 saturated carbocycles. The number of carbonyl (C=O) groups excluding carboxylic acids is 1. The van der Waals surface area contributed by atoms with Crippen molar-refractivity contribution in [2.45, 2.75) is 22.7 Å². The van der Waals surface area contributed by atoms with Gasteiger partial charge >= 0.3 is 21.4 Å². The van der Waals surface area contributed by atoms with Gasteiger partial charge < -0.3 is 9.50 Å². The van der Waals surface area contributed by atoms with Gasteiger partial charge in [0.05, 0.1) is 17.1 Å². The average molecular weight is 577 g/mol. The van der Waals surface area contributed by atoms with Crippen molar-refractivity contribution in [2.75, 3.05) is 0 Å². The quantitative estimate of drug-likeness (QED) is 0.255. The zero-order valence-corrected chi connectivity index (χ0v) is 19.6. The second kappa shape index (κ2) is 9.74. The fourth-order valence-electron chi connectivity index (χ4n) is 2.76. The SMILES string of the molecule is O=C(NCc1cc2c(F)c(OS(=O)(=O)C(F)(F)F)ccc2cn1)c1cc(Cl)cc(S(=O)(=O)C(F)F)c1. The summed E-state index contributed by atoms with van der Waals surface area (Å²) in [5.41, 5.74) is -6.26. The largest absolute Gasteiger partial charge is 0.534 e. The Morgan fingerprint density at radius 3 is 2.36 bits per heavy atom. The van der Waals surface area contributed by atoms with Gasteiger partial charge in [-0.2, -0.15) is 30.4 Å². The van der Waals surface area contributed by atoms with E-state index in [1.165, 1.54) is 0 Å². The number of halogens is 7. The van der Waals surface area contributed by atoms with Gasteiger partial charge in [0.2, 0.25) is 9.84 Å². The maximum absolute atomic E-state index is 14.7. The Morgan fingerprint density at radius 2 is 1.75 bits per heavy atom. The number of fused-ring (bicyclic) bond motifs is 1. The molecule has 194 valence electrons. The smallest absolute Gasteiger partial charge is 0.373 e. The summed E-state index contributed by atoms with van der Waals surface area (Å²) in [4.78, 5) is 15.4. The van der Waals surface area contributed by atoms with Crippen molar-refractivity contribution in [3.8, 4) is 5.75 Å². The first-order chi connectivity index (χ1) is 16.5. The molecule has 2 aromatic carbocycles. The van der Waals surface area contributed by atoms with Gasteiger partial charge in [-0.25, -0.2) is 12.8 Å². The molecule has 3 rings (SSSR count). The molecule has 1 amide bonds. The number of carbonyl (C=O) groups is 1. The van der Waals surface area contributed by atoms with Crippen LogP contribution < -0.4 is 9.50 Å². The number of benzene rings is 2. The minimum Gasteiger partial charge on any atom is -0.373 e. The van der Waals surface area contributed by atoms with Gasteiger partial charge in [0.1, 0.15) is 0 Å². The van der Waals surface area contributed by atoms with E-state index in [0.29, 0.717) is 12.1 Å². The Morgan fingerprint density at radius 1 is 1.08 bits per heavy atom. The zero-order chi connectivity index (χ0) is 27.1. The molecule has 36 heavy (non-hydrogen) atoms. The van der Waals surface area contributed by atoms with Gasteiger partial charge in [-0.3, -0.25) is 9.78 Å². The number of nitrogens with zero attached hydrogens (tertiary/aromatic N) is 1. The monoisotopic (exact) mass is 576 g/mol. The second-order valence-corrected chi connectivity index (χ2v) is 10.8. The van der Waals surface area contributed by atoms with E-state index in [9.17, 15) is 48.0 Å². The van der Waals surface area contributed by atoms with Gasteiger partial charge in [-0.15, -0.1) is 0 Å². The van der Waals surface area contributed by atoms with Gasteiger partial charge in [0.15, 0.2) is 11.6 Å². The third-order valence-electron chi connectivity index (χ3n) is 4.47. The summed E-state index contributed by atoms with van der Waals surface area (Å²) in [6, 6.07) is 5.09. The lowest BCUT2D eigenvalue weighted by Crippen LogP contribution is -2.28. The molecule has 0 spiro atoms. The number of nitrogens with one attached hydrogen (secondary N) is 1. The molecule has 0 atom stereocenters. The molecule has 3 aromatic rings. The van der Waals surface area contributed by atoms with Crippen molar-refractivity contribution in [1.29, 1.82) is 0 Å². The molecule has 0 aliphatic rings. The van der Waals surface area contributed by atoms with Crippen LogP contribution >= 0.6 is 11.6 Å². The van der Waals surface area contributed by atoms with E-state index in [0.717, 1.165) is 30.5 Å². The van der Waals surface area contributed by atoms with Crippen LogP contribution in [0.3, 0.4) is 0 Å². The molecule has 1 N–H and O–H groups in total. The number of hydrogen-bond donors (Lipinski definition) is 1. The predicted molar refractivity (Wildman–Crippen MR) is 113 cm³/mol. The lowest BCUT2D eigenvalue weighted by atomic mass is 10.1. The van der Waals surface area contributed by atoms with E-state index in [4.69, 9.17) is 11.6 Å². The van der Waals surface area contributed by atoms with Crippen molar-refractivity contribution in [2.24, 2.45) is 0 Å². The number of hydrogen-bond acceptors (Lipinski definition) is 7. The summed E-state index contributed by atoms with van der Waals surface area (Å²) in [6.07, 6.45) is 1.08. The Bertz CT molecular complexity index is 1560. The molecule has 0 aliphatic carbocycles. The third-order valence-corrected chi connectivity index (χ3v) is 7.01. The lowest BCUT2D eigenvalue weighted by Gasteiger charge is -2.12. The van der Waals surface area contributed by atoms with Crippen molar-refractivity contribution < 1.29 is 52.2 Å². The number of sulfone groups is 1. The molecular formula is C19H11ClF6N2O6S2. The van der Waals surface area contributed by atoms with Crippen LogP contribution in [0, 0.1) is 5.82 Å². The summed E-state index contributed by atoms with van der Waals surface area (Å²) < 4.78 is 127. The maximum atomic E-state index is 14.7. The normalized spacial score (nSPS) is 12.7. The average Bonchev–Trinajstić information content (AvgIpc) is 2.78. The van der Waals surface area contributed by atoms with E-state index in [2.05, 4.69) is 14.5 Å². The Hall–Kier alpha value is -3.11. The van der Waals surface area contributed by atoms with E-state index in [1.54, 1.807) is 0 Å². The highest BCUT2D eigenvalue weighted by Crippen LogP contribution is 2.32. The molecule has 1 aromatic heterocycles. The summed E-state index contributed by atoms with van der Waals surface area (Å²) in [7, 11) is -11.2. The van der Waals surface area contributed by atoms with Crippen LogP contribution in [0.4, 0.5) is 26.3 Å².